The Morgan fingerprint density at radius 2 is 2.16 bits per heavy atom. The van der Waals surface area contributed by atoms with Crippen LogP contribution in [0.5, 0.6) is 0 Å². The summed E-state index contributed by atoms with van der Waals surface area (Å²) in [5.74, 6) is -0.143. The molecule has 7 heteroatoms. The Morgan fingerprint density at radius 3 is 2.79 bits per heavy atom. The SMILES string of the molecule is C[C@@H]1[C@H](C)N(C(=O)c2ccncc2Br)CCS1(=O)=O. The number of hydrogen-bond donors (Lipinski definition) is 0. The number of aromatic nitrogens is 1. The van der Waals surface area contributed by atoms with Crippen LogP contribution in [0.2, 0.25) is 0 Å². The van der Waals surface area contributed by atoms with E-state index in [0.29, 0.717) is 10.0 Å². The molecule has 1 aliphatic rings. The molecule has 2 heterocycles. The topological polar surface area (TPSA) is 67.3 Å². The number of carbonyl (C=O) groups excluding carboxylic acids is 1. The van der Waals surface area contributed by atoms with E-state index in [-0.39, 0.29) is 24.2 Å². The number of nitrogens with zero attached hydrogens (tertiary/aromatic N) is 2. The van der Waals surface area contributed by atoms with Crippen LogP contribution in [0.25, 0.3) is 0 Å². The molecule has 0 saturated carbocycles. The first-order valence-corrected chi connectivity index (χ1v) is 8.47. The van der Waals surface area contributed by atoms with Gasteiger partial charge in [0.05, 0.1) is 16.6 Å². The molecule has 0 aromatic carbocycles. The summed E-state index contributed by atoms with van der Waals surface area (Å²) in [4.78, 5) is 18.0. The van der Waals surface area contributed by atoms with Crippen molar-refractivity contribution in [1.29, 1.82) is 0 Å². The normalized spacial score (nSPS) is 26.2. The Hall–Kier alpha value is -0.950. The zero-order valence-electron chi connectivity index (χ0n) is 10.7. The highest BCUT2D eigenvalue weighted by molar-refractivity contribution is 9.10. The van der Waals surface area contributed by atoms with Crippen molar-refractivity contribution in [3.8, 4) is 0 Å². The van der Waals surface area contributed by atoms with Crippen LogP contribution < -0.4 is 0 Å². The molecule has 1 fully saturated rings. The maximum atomic E-state index is 12.5. The fourth-order valence-corrected chi connectivity index (χ4v) is 4.15. The lowest BCUT2D eigenvalue weighted by molar-refractivity contribution is 0.0692. The van der Waals surface area contributed by atoms with Gasteiger partial charge in [-0.3, -0.25) is 9.78 Å². The summed E-state index contributed by atoms with van der Waals surface area (Å²) in [5, 5.41) is -0.536. The summed E-state index contributed by atoms with van der Waals surface area (Å²) in [6.45, 7) is 3.66. The number of hydrogen-bond acceptors (Lipinski definition) is 4. The molecule has 1 saturated heterocycles. The van der Waals surface area contributed by atoms with Crippen LogP contribution in [-0.2, 0) is 9.84 Å². The van der Waals surface area contributed by atoms with Crippen molar-refractivity contribution in [2.24, 2.45) is 0 Å². The van der Waals surface area contributed by atoms with Crippen LogP contribution in [0.1, 0.15) is 24.2 Å². The van der Waals surface area contributed by atoms with E-state index in [2.05, 4.69) is 20.9 Å². The van der Waals surface area contributed by atoms with Crippen LogP contribution in [0.15, 0.2) is 22.9 Å². The summed E-state index contributed by atoms with van der Waals surface area (Å²) < 4.78 is 24.2. The highest BCUT2D eigenvalue weighted by Gasteiger charge is 2.38. The Morgan fingerprint density at radius 1 is 1.47 bits per heavy atom. The fraction of sp³-hybridized carbons (Fsp3) is 0.500. The molecule has 1 amide bonds. The van der Waals surface area contributed by atoms with Gasteiger partial charge in [-0.2, -0.15) is 0 Å². The molecule has 5 nitrogen and oxygen atoms in total. The van der Waals surface area contributed by atoms with Crippen LogP contribution >= 0.6 is 15.9 Å². The van der Waals surface area contributed by atoms with Crippen molar-refractivity contribution in [1.82, 2.24) is 9.88 Å². The Bertz CT molecular complexity index is 603. The molecular formula is C12H15BrN2O3S. The highest BCUT2D eigenvalue weighted by atomic mass is 79.9. The molecule has 0 bridgehead atoms. The average Bonchev–Trinajstić information content (AvgIpc) is 2.36. The van der Waals surface area contributed by atoms with Gasteiger partial charge >= 0.3 is 0 Å². The van der Waals surface area contributed by atoms with Gasteiger partial charge < -0.3 is 4.90 Å². The monoisotopic (exact) mass is 346 g/mol. The average molecular weight is 347 g/mol. The van der Waals surface area contributed by atoms with E-state index in [1.54, 1.807) is 37.2 Å². The van der Waals surface area contributed by atoms with Gasteiger partial charge in [-0.25, -0.2) is 8.42 Å². The zero-order chi connectivity index (χ0) is 14.2. The van der Waals surface area contributed by atoms with Gasteiger partial charge in [-0.15, -0.1) is 0 Å². The second kappa shape index (κ2) is 5.20. The van der Waals surface area contributed by atoms with E-state index >= 15 is 0 Å². The van der Waals surface area contributed by atoms with Gasteiger partial charge in [-0.05, 0) is 35.8 Å². The molecule has 0 spiro atoms. The van der Waals surface area contributed by atoms with E-state index < -0.39 is 15.1 Å². The lowest BCUT2D eigenvalue weighted by Crippen LogP contribution is -2.54. The smallest absolute Gasteiger partial charge is 0.255 e. The standard InChI is InChI=1S/C12H15BrN2O3S/c1-8-9(2)19(17,18)6-5-15(8)12(16)10-3-4-14-7-11(10)13/h3-4,7-9H,5-6H2,1-2H3/t8-,9+/m0/s1. The van der Waals surface area contributed by atoms with Gasteiger partial charge in [0.1, 0.15) is 0 Å². The molecule has 0 radical (unpaired) electrons. The summed E-state index contributed by atoms with van der Waals surface area (Å²) in [6.07, 6.45) is 3.11. The second-order valence-corrected chi connectivity index (χ2v) is 8.00. The molecule has 19 heavy (non-hydrogen) atoms. The summed E-state index contributed by atoms with van der Waals surface area (Å²) in [7, 11) is -3.09. The molecular weight excluding hydrogens is 332 g/mol. The number of carbonyl (C=O) groups is 1. The Kier molecular flexibility index (Phi) is 3.96. The molecule has 1 aliphatic heterocycles. The van der Waals surface area contributed by atoms with Gasteiger partial charge in [0.25, 0.3) is 5.91 Å². The summed E-state index contributed by atoms with van der Waals surface area (Å²) >= 11 is 3.29. The first-order chi connectivity index (χ1) is 8.84. The lowest BCUT2D eigenvalue weighted by Gasteiger charge is -2.37. The van der Waals surface area contributed by atoms with E-state index in [9.17, 15) is 13.2 Å². The van der Waals surface area contributed by atoms with Crippen molar-refractivity contribution >= 4 is 31.7 Å². The molecule has 0 N–H and O–H groups in total. The van der Waals surface area contributed by atoms with E-state index in [1.165, 1.54) is 0 Å². The molecule has 2 rings (SSSR count). The maximum absolute atomic E-state index is 12.5. The third-order valence-electron chi connectivity index (χ3n) is 3.62. The quantitative estimate of drug-likeness (QED) is 0.772. The van der Waals surface area contributed by atoms with E-state index in [0.717, 1.165) is 0 Å². The third-order valence-corrected chi connectivity index (χ3v) is 6.53. The van der Waals surface area contributed by atoms with Crippen molar-refractivity contribution in [2.75, 3.05) is 12.3 Å². The second-order valence-electron chi connectivity index (χ2n) is 4.67. The number of sulfone groups is 1. The van der Waals surface area contributed by atoms with Gasteiger partial charge in [-0.1, -0.05) is 0 Å². The minimum Gasteiger partial charge on any atom is -0.334 e. The largest absolute Gasteiger partial charge is 0.334 e. The number of halogens is 1. The van der Waals surface area contributed by atoms with Crippen molar-refractivity contribution in [2.45, 2.75) is 25.1 Å². The maximum Gasteiger partial charge on any atom is 0.255 e. The number of amides is 1. The Balaban J connectivity index is 2.29. The third kappa shape index (κ3) is 2.67. The zero-order valence-corrected chi connectivity index (χ0v) is 13.1. The number of pyridine rings is 1. The van der Waals surface area contributed by atoms with Gasteiger partial charge in [0.2, 0.25) is 0 Å². The van der Waals surface area contributed by atoms with Crippen molar-refractivity contribution in [3.05, 3.63) is 28.5 Å². The first kappa shape index (κ1) is 14.5. The molecule has 0 aliphatic carbocycles. The molecule has 2 atom stereocenters. The minimum atomic E-state index is -3.09. The van der Waals surface area contributed by atoms with Crippen LogP contribution in [-0.4, -0.2) is 47.8 Å². The predicted octanol–water partition coefficient (Wildman–Crippen LogP) is 1.49. The van der Waals surface area contributed by atoms with Crippen LogP contribution in [0.3, 0.4) is 0 Å². The fourth-order valence-electron chi connectivity index (χ4n) is 2.16. The highest BCUT2D eigenvalue weighted by Crippen LogP contribution is 2.24. The summed E-state index contributed by atoms with van der Waals surface area (Å²) in [6, 6.07) is 1.30. The van der Waals surface area contributed by atoms with Gasteiger partial charge in [0, 0.05) is 29.5 Å². The summed E-state index contributed by atoms with van der Waals surface area (Å²) in [5.41, 5.74) is 0.508. The predicted molar refractivity (Wildman–Crippen MR) is 75.7 cm³/mol. The Labute approximate surface area is 121 Å². The minimum absolute atomic E-state index is 0.0208. The van der Waals surface area contributed by atoms with E-state index in [4.69, 9.17) is 0 Å². The molecule has 1 aromatic heterocycles. The van der Waals surface area contributed by atoms with Crippen LogP contribution in [0.4, 0.5) is 0 Å². The molecule has 104 valence electrons. The molecule has 1 aromatic rings. The van der Waals surface area contributed by atoms with Gasteiger partial charge in [0.15, 0.2) is 9.84 Å². The number of rotatable bonds is 1. The first-order valence-electron chi connectivity index (χ1n) is 5.96. The lowest BCUT2D eigenvalue weighted by atomic mass is 10.1. The van der Waals surface area contributed by atoms with Crippen LogP contribution in [0, 0.1) is 0 Å². The van der Waals surface area contributed by atoms with Crippen molar-refractivity contribution in [3.63, 3.8) is 0 Å². The van der Waals surface area contributed by atoms with E-state index in [1.807, 2.05) is 0 Å². The van der Waals surface area contributed by atoms with Crippen molar-refractivity contribution < 1.29 is 13.2 Å². The molecule has 0 unspecified atom stereocenters.